The highest BCUT2D eigenvalue weighted by Crippen LogP contribution is 2.27. The Morgan fingerprint density at radius 2 is 2.08 bits per heavy atom. The number of para-hydroxylation sites is 1. The van der Waals surface area contributed by atoms with Crippen LogP contribution in [0.4, 0.5) is 0 Å². The number of rotatable bonds is 4. The summed E-state index contributed by atoms with van der Waals surface area (Å²) in [6, 6.07) is 12.3. The van der Waals surface area contributed by atoms with Crippen molar-refractivity contribution in [2.45, 2.75) is 6.54 Å². The van der Waals surface area contributed by atoms with Gasteiger partial charge in [-0.3, -0.25) is 9.36 Å². The number of fused-ring (bicyclic) bond motifs is 1. The predicted octanol–water partition coefficient (Wildman–Crippen LogP) is 3.16. The van der Waals surface area contributed by atoms with E-state index in [9.17, 15) is 4.79 Å². The molecule has 2 heterocycles. The number of nitrogens with zero attached hydrogens (tertiary/aromatic N) is 4. The van der Waals surface area contributed by atoms with Gasteiger partial charge in [-0.05, 0) is 30.3 Å². The second-order valence-corrected chi connectivity index (χ2v) is 5.99. The average Bonchev–Trinajstić information content (AvgIpc) is 3.12. The molecule has 7 nitrogen and oxygen atoms in total. The molecule has 4 aromatic rings. The van der Waals surface area contributed by atoms with Crippen molar-refractivity contribution < 1.29 is 9.26 Å². The minimum absolute atomic E-state index is 0.118. The zero-order valence-corrected chi connectivity index (χ0v) is 14.5. The molecular weight excluding hydrogens is 356 g/mol. The number of hydrogen-bond acceptors (Lipinski definition) is 6. The molecule has 0 fully saturated rings. The molecule has 4 rings (SSSR count). The summed E-state index contributed by atoms with van der Waals surface area (Å²) in [5.74, 6) is 1.33. The van der Waals surface area contributed by atoms with E-state index in [0.29, 0.717) is 39.0 Å². The minimum Gasteiger partial charge on any atom is -0.496 e. The highest BCUT2D eigenvalue weighted by atomic mass is 35.5. The number of benzene rings is 2. The summed E-state index contributed by atoms with van der Waals surface area (Å²) in [5.41, 5.74) is 1.05. The smallest absolute Gasteiger partial charge is 0.261 e. The third kappa shape index (κ3) is 2.93. The lowest BCUT2D eigenvalue weighted by atomic mass is 10.2. The Morgan fingerprint density at radius 3 is 2.92 bits per heavy atom. The highest BCUT2D eigenvalue weighted by Gasteiger charge is 2.14. The number of hydrogen-bond donors (Lipinski definition) is 0. The molecule has 0 saturated heterocycles. The van der Waals surface area contributed by atoms with Gasteiger partial charge in [0, 0.05) is 5.02 Å². The van der Waals surface area contributed by atoms with Crippen LogP contribution >= 0.6 is 11.6 Å². The molecule has 0 bridgehead atoms. The fraction of sp³-hybridized carbons (Fsp3) is 0.111. The Hall–Kier alpha value is -3.19. The summed E-state index contributed by atoms with van der Waals surface area (Å²) < 4.78 is 12.0. The Labute approximate surface area is 152 Å². The maximum absolute atomic E-state index is 12.6. The van der Waals surface area contributed by atoms with Crippen molar-refractivity contribution >= 4 is 22.5 Å². The minimum atomic E-state index is -0.205. The first-order valence-corrected chi connectivity index (χ1v) is 8.14. The van der Waals surface area contributed by atoms with Gasteiger partial charge in [0.2, 0.25) is 11.7 Å². The van der Waals surface area contributed by atoms with E-state index >= 15 is 0 Å². The normalized spacial score (nSPS) is 11.0. The van der Waals surface area contributed by atoms with Crippen molar-refractivity contribution in [1.82, 2.24) is 19.7 Å². The van der Waals surface area contributed by atoms with Crippen molar-refractivity contribution in [1.29, 1.82) is 0 Å². The zero-order chi connectivity index (χ0) is 18.1. The van der Waals surface area contributed by atoms with Crippen molar-refractivity contribution in [2.75, 3.05) is 7.11 Å². The van der Waals surface area contributed by atoms with Crippen LogP contribution in [0.25, 0.3) is 22.3 Å². The molecule has 0 aliphatic rings. The molecule has 0 atom stereocenters. The fourth-order valence-electron chi connectivity index (χ4n) is 2.65. The van der Waals surface area contributed by atoms with E-state index in [4.69, 9.17) is 20.9 Å². The van der Waals surface area contributed by atoms with Crippen molar-refractivity contribution in [3.8, 4) is 17.1 Å². The summed E-state index contributed by atoms with van der Waals surface area (Å²) in [5, 5.41) is 4.98. The molecule has 2 aromatic carbocycles. The summed E-state index contributed by atoms with van der Waals surface area (Å²) in [4.78, 5) is 21.2. The molecule has 130 valence electrons. The molecule has 0 saturated carbocycles. The maximum atomic E-state index is 12.6. The number of halogens is 1. The molecule has 2 aromatic heterocycles. The predicted molar refractivity (Wildman–Crippen MR) is 96.4 cm³/mol. The lowest BCUT2D eigenvalue weighted by Gasteiger charge is -2.04. The van der Waals surface area contributed by atoms with E-state index in [1.165, 1.54) is 10.9 Å². The van der Waals surface area contributed by atoms with Gasteiger partial charge in [-0.25, -0.2) is 4.98 Å². The van der Waals surface area contributed by atoms with Crippen LogP contribution in [0.3, 0.4) is 0 Å². The first-order chi connectivity index (χ1) is 12.7. The topological polar surface area (TPSA) is 83.0 Å². The Balaban J connectivity index is 1.68. The molecule has 0 spiro atoms. The Bertz CT molecular complexity index is 1150. The lowest BCUT2D eigenvalue weighted by molar-refractivity contribution is 0.369. The molecule has 0 N–H and O–H groups in total. The Kier molecular flexibility index (Phi) is 4.14. The van der Waals surface area contributed by atoms with Gasteiger partial charge in [0.15, 0.2) is 0 Å². The van der Waals surface area contributed by atoms with Gasteiger partial charge in [0.1, 0.15) is 12.3 Å². The summed E-state index contributed by atoms with van der Waals surface area (Å²) in [6.07, 6.45) is 1.44. The molecular formula is C18H13ClN4O3. The van der Waals surface area contributed by atoms with Crippen molar-refractivity contribution in [3.05, 3.63) is 70.1 Å². The van der Waals surface area contributed by atoms with E-state index in [1.54, 1.807) is 25.3 Å². The summed E-state index contributed by atoms with van der Waals surface area (Å²) in [7, 11) is 1.58. The highest BCUT2D eigenvalue weighted by molar-refractivity contribution is 6.31. The number of ether oxygens (including phenoxy) is 1. The van der Waals surface area contributed by atoms with Crippen molar-refractivity contribution in [3.63, 3.8) is 0 Å². The lowest BCUT2D eigenvalue weighted by Crippen LogP contribution is -2.21. The third-order valence-corrected chi connectivity index (χ3v) is 4.14. The first-order valence-electron chi connectivity index (χ1n) is 7.76. The number of methoxy groups -OCH3 is 1. The molecule has 0 radical (unpaired) electrons. The van der Waals surface area contributed by atoms with Crippen molar-refractivity contribution in [2.24, 2.45) is 0 Å². The van der Waals surface area contributed by atoms with E-state index in [0.717, 1.165) is 0 Å². The maximum Gasteiger partial charge on any atom is 0.261 e. The molecule has 0 amide bonds. The van der Waals surface area contributed by atoms with E-state index in [1.807, 2.05) is 24.3 Å². The van der Waals surface area contributed by atoms with E-state index in [-0.39, 0.29) is 12.1 Å². The van der Waals surface area contributed by atoms with Crippen LogP contribution in [0, 0.1) is 0 Å². The quantitative estimate of drug-likeness (QED) is 0.550. The van der Waals surface area contributed by atoms with E-state index < -0.39 is 0 Å². The van der Waals surface area contributed by atoms with Gasteiger partial charge in [0.25, 0.3) is 5.56 Å². The fourth-order valence-corrected chi connectivity index (χ4v) is 2.81. The second kappa shape index (κ2) is 6.61. The van der Waals surface area contributed by atoms with Gasteiger partial charge in [-0.2, -0.15) is 4.98 Å². The molecule has 0 unspecified atom stereocenters. The van der Waals surface area contributed by atoms with Gasteiger partial charge in [-0.1, -0.05) is 28.9 Å². The Morgan fingerprint density at radius 1 is 1.23 bits per heavy atom. The van der Waals surface area contributed by atoms with Crippen LogP contribution in [0.1, 0.15) is 5.89 Å². The third-order valence-electron chi connectivity index (χ3n) is 3.91. The van der Waals surface area contributed by atoms with Gasteiger partial charge in [-0.15, -0.1) is 0 Å². The SMILES string of the molecule is COc1ccccc1-c1noc(Cn2cnc3cc(Cl)ccc3c2=O)n1. The molecule has 8 heteroatoms. The van der Waals surface area contributed by atoms with Gasteiger partial charge >= 0.3 is 0 Å². The van der Waals surface area contributed by atoms with Crippen LogP contribution in [0.15, 0.2) is 58.1 Å². The largest absolute Gasteiger partial charge is 0.496 e. The monoisotopic (exact) mass is 368 g/mol. The second-order valence-electron chi connectivity index (χ2n) is 5.55. The van der Waals surface area contributed by atoms with Crippen LogP contribution in [0.5, 0.6) is 5.75 Å². The standard InChI is InChI=1S/C18H13ClN4O3/c1-25-15-5-3-2-4-13(15)17-21-16(26-22-17)9-23-10-20-14-8-11(19)6-7-12(14)18(23)24/h2-8,10H,9H2,1H3. The van der Waals surface area contributed by atoms with Crippen LogP contribution < -0.4 is 10.3 Å². The molecule has 0 aliphatic heterocycles. The molecule has 26 heavy (non-hydrogen) atoms. The van der Waals surface area contributed by atoms with E-state index in [2.05, 4.69) is 15.1 Å². The number of aromatic nitrogens is 4. The average molecular weight is 369 g/mol. The van der Waals surface area contributed by atoms with Crippen LogP contribution in [-0.4, -0.2) is 26.8 Å². The van der Waals surface area contributed by atoms with Gasteiger partial charge in [0.05, 0.1) is 29.9 Å². The first kappa shape index (κ1) is 16.3. The van der Waals surface area contributed by atoms with Gasteiger partial charge < -0.3 is 9.26 Å². The summed E-state index contributed by atoms with van der Waals surface area (Å²) >= 11 is 5.93. The van der Waals surface area contributed by atoms with Crippen LogP contribution in [-0.2, 0) is 6.54 Å². The summed E-state index contributed by atoms with van der Waals surface area (Å²) in [6.45, 7) is 0.118. The zero-order valence-electron chi connectivity index (χ0n) is 13.7. The molecule has 0 aliphatic carbocycles. The van der Waals surface area contributed by atoms with Crippen LogP contribution in [0.2, 0.25) is 5.02 Å².